The number of rotatable bonds is 2. The van der Waals surface area contributed by atoms with Gasteiger partial charge in [0.1, 0.15) is 0 Å². The molecule has 1 amide bonds. The van der Waals surface area contributed by atoms with Crippen molar-refractivity contribution < 1.29 is 4.79 Å². The minimum absolute atomic E-state index is 0.283. The van der Waals surface area contributed by atoms with E-state index in [9.17, 15) is 9.70 Å². The van der Waals surface area contributed by atoms with Crippen LogP contribution in [-0.4, -0.2) is 5.91 Å². The minimum atomic E-state index is -0.521. The van der Waals surface area contributed by atoms with E-state index in [-0.39, 0.29) is 11.8 Å². The van der Waals surface area contributed by atoms with Gasteiger partial charge in [-0.25, -0.2) is 0 Å². The van der Waals surface area contributed by atoms with Crippen LogP contribution in [0.5, 0.6) is 0 Å². The largest absolute Gasteiger partial charge is 0.293 e. The van der Waals surface area contributed by atoms with Crippen molar-refractivity contribution in [2.24, 2.45) is 17.0 Å². The van der Waals surface area contributed by atoms with Gasteiger partial charge in [-0.3, -0.25) is 4.79 Å². The van der Waals surface area contributed by atoms with Gasteiger partial charge in [0.25, 0.3) is 5.91 Å². The Kier molecular flexibility index (Phi) is 4.16. The molecule has 0 N–H and O–H groups in total. The minimum Gasteiger partial charge on any atom is -0.268 e. The van der Waals surface area contributed by atoms with E-state index in [1.807, 2.05) is 13.8 Å². The van der Waals surface area contributed by atoms with E-state index < -0.39 is 5.91 Å². The van der Waals surface area contributed by atoms with Crippen molar-refractivity contribution in [3.8, 4) is 0 Å². The molecule has 0 radical (unpaired) electrons. The molecule has 1 aliphatic carbocycles. The molecule has 3 nitrogen and oxygen atoms in total. The molecule has 16 heavy (non-hydrogen) atoms. The molecule has 0 spiro atoms. The first-order valence-electron chi connectivity index (χ1n) is 5.72. The van der Waals surface area contributed by atoms with Gasteiger partial charge in [-0.15, -0.1) is 4.91 Å². The number of hydrogen-bond acceptors (Lipinski definition) is 2. The Morgan fingerprint density at radius 3 is 2.50 bits per heavy atom. The van der Waals surface area contributed by atoms with Crippen molar-refractivity contribution in [1.29, 1.82) is 0 Å². The second-order valence-corrected chi connectivity index (χ2v) is 4.85. The van der Waals surface area contributed by atoms with Gasteiger partial charge in [0.05, 0.1) is 5.92 Å². The zero-order valence-corrected chi connectivity index (χ0v) is 10.4. The molecule has 0 saturated carbocycles. The molecule has 0 aliphatic heterocycles. The van der Waals surface area contributed by atoms with Gasteiger partial charge in [-0.05, 0) is 38.2 Å². The van der Waals surface area contributed by atoms with Gasteiger partial charge in [-0.2, -0.15) is 0 Å². The maximum Gasteiger partial charge on any atom is 0.293 e. The van der Waals surface area contributed by atoms with E-state index in [0.29, 0.717) is 0 Å². The van der Waals surface area contributed by atoms with E-state index in [1.54, 1.807) is 0 Å². The molecule has 0 fully saturated rings. The average Bonchev–Trinajstić information content (AvgIpc) is 2.26. The van der Waals surface area contributed by atoms with Crippen LogP contribution < -0.4 is 0 Å². The summed E-state index contributed by atoms with van der Waals surface area (Å²) in [4.78, 5) is 21.8. The van der Waals surface area contributed by atoms with Crippen molar-refractivity contribution >= 4 is 5.91 Å². The molecule has 0 bridgehead atoms. The number of carbonyl (C=O) groups is 1. The van der Waals surface area contributed by atoms with Crippen LogP contribution >= 0.6 is 0 Å². The molecule has 0 aromatic heterocycles. The van der Waals surface area contributed by atoms with Gasteiger partial charge in [-0.1, -0.05) is 31.1 Å². The Morgan fingerprint density at radius 1 is 1.44 bits per heavy atom. The predicted molar refractivity (Wildman–Crippen MR) is 64.8 cm³/mol. The molecule has 1 atom stereocenters. The maximum atomic E-state index is 11.4. The first kappa shape index (κ1) is 12.8. The SMILES string of the molecule is CC(C)=C1C=C(C(C)C)C(C(=O)N=O)CC1. The van der Waals surface area contributed by atoms with Crippen LogP contribution in [0.2, 0.25) is 0 Å². The molecule has 1 rings (SSSR count). The van der Waals surface area contributed by atoms with Gasteiger partial charge in [0.15, 0.2) is 0 Å². The van der Waals surface area contributed by atoms with E-state index in [0.717, 1.165) is 18.4 Å². The van der Waals surface area contributed by atoms with Crippen LogP contribution in [-0.2, 0) is 4.79 Å². The highest BCUT2D eigenvalue weighted by atomic mass is 16.3. The standard InChI is InChI=1S/C13H19NO2/c1-8(2)10-5-6-11(13(15)14-16)12(7-10)9(3)4/h7,9,11H,5-6H2,1-4H3. The van der Waals surface area contributed by atoms with Crippen molar-refractivity contribution in [1.82, 2.24) is 0 Å². The van der Waals surface area contributed by atoms with Crippen LogP contribution in [0.4, 0.5) is 0 Å². The lowest BCUT2D eigenvalue weighted by Crippen LogP contribution is -2.21. The zero-order valence-electron chi connectivity index (χ0n) is 10.4. The normalized spacial score (nSPS) is 20.7. The molecule has 0 aromatic carbocycles. The summed E-state index contributed by atoms with van der Waals surface area (Å²) in [5.74, 6) is -0.529. The highest BCUT2D eigenvalue weighted by Gasteiger charge is 2.28. The summed E-state index contributed by atoms with van der Waals surface area (Å²) in [6, 6.07) is 0. The van der Waals surface area contributed by atoms with Crippen LogP contribution in [0.15, 0.2) is 28.0 Å². The third kappa shape index (κ3) is 2.65. The van der Waals surface area contributed by atoms with E-state index in [2.05, 4.69) is 25.1 Å². The van der Waals surface area contributed by atoms with Crippen LogP contribution in [0.3, 0.4) is 0 Å². The molecular formula is C13H19NO2. The third-order valence-corrected chi connectivity index (χ3v) is 3.14. The summed E-state index contributed by atoms with van der Waals surface area (Å²) in [7, 11) is 0. The summed E-state index contributed by atoms with van der Waals surface area (Å²) in [6.07, 6.45) is 3.66. The van der Waals surface area contributed by atoms with E-state index >= 15 is 0 Å². The molecule has 1 aliphatic rings. The smallest absolute Gasteiger partial charge is 0.268 e. The second-order valence-electron chi connectivity index (χ2n) is 4.85. The fourth-order valence-corrected chi connectivity index (χ4v) is 2.13. The lowest BCUT2D eigenvalue weighted by Gasteiger charge is -2.25. The van der Waals surface area contributed by atoms with Crippen molar-refractivity contribution in [2.45, 2.75) is 40.5 Å². The van der Waals surface area contributed by atoms with Crippen molar-refractivity contribution in [2.75, 3.05) is 0 Å². The molecule has 0 heterocycles. The lowest BCUT2D eigenvalue weighted by molar-refractivity contribution is -0.121. The Balaban J connectivity index is 3.10. The molecule has 1 unspecified atom stereocenters. The zero-order chi connectivity index (χ0) is 12.3. The van der Waals surface area contributed by atoms with E-state index in [1.165, 1.54) is 11.1 Å². The Morgan fingerprint density at radius 2 is 2.06 bits per heavy atom. The topological polar surface area (TPSA) is 46.5 Å². The molecular weight excluding hydrogens is 202 g/mol. The fourth-order valence-electron chi connectivity index (χ4n) is 2.13. The fraction of sp³-hybridized carbons (Fsp3) is 0.615. The molecule has 0 aromatic rings. The number of nitrogens with zero attached hydrogens (tertiary/aromatic N) is 1. The molecule has 0 saturated heterocycles. The van der Waals surface area contributed by atoms with Gasteiger partial charge in [0.2, 0.25) is 0 Å². The summed E-state index contributed by atoms with van der Waals surface area (Å²) < 4.78 is 0. The monoisotopic (exact) mass is 221 g/mol. The Bertz CT molecular complexity index is 360. The molecule has 3 heteroatoms. The lowest BCUT2D eigenvalue weighted by atomic mass is 9.79. The Hall–Kier alpha value is -1.25. The van der Waals surface area contributed by atoms with Gasteiger partial charge >= 0.3 is 0 Å². The molecule has 88 valence electrons. The van der Waals surface area contributed by atoms with Crippen molar-refractivity contribution in [3.05, 3.63) is 27.7 Å². The number of allylic oxidation sites excluding steroid dienone is 3. The summed E-state index contributed by atoms with van der Waals surface area (Å²) >= 11 is 0. The van der Waals surface area contributed by atoms with Crippen LogP contribution in [0.1, 0.15) is 40.5 Å². The predicted octanol–water partition coefficient (Wildman–Crippen LogP) is 3.61. The first-order valence-corrected chi connectivity index (χ1v) is 5.72. The summed E-state index contributed by atoms with van der Waals surface area (Å²) in [5, 5.41) is 2.57. The quantitative estimate of drug-likeness (QED) is 0.669. The summed E-state index contributed by atoms with van der Waals surface area (Å²) in [5.41, 5.74) is 3.62. The highest BCUT2D eigenvalue weighted by molar-refractivity contribution is 5.82. The number of hydrogen-bond donors (Lipinski definition) is 0. The second kappa shape index (κ2) is 5.19. The van der Waals surface area contributed by atoms with E-state index in [4.69, 9.17) is 0 Å². The maximum absolute atomic E-state index is 11.4. The van der Waals surface area contributed by atoms with Crippen LogP contribution in [0, 0.1) is 16.7 Å². The van der Waals surface area contributed by atoms with Crippen molar-refractivity contribution in [3.63, 3.8) is 0 Å². The van der Waals surface area contributed by atoms with Gasteiger partial charge < -0.3 is 0 Å². The average molecular weight is 221 g/mol. The third-order valence-electron chi connectivity index (χ3n) is 3.14. The number of amides is 1. The Labute approximate surface area is 96.6 Å². The first-order chi connectivity index (χ1) is 7.47. The van der Waals surface area contributed by atoms with Crippen LogP contribution in [0.25, 0.3) is 0 Å². The number of nitroso groups, excluding NO2 is 1. The van der Waals surface area contributed by atoms with Gasteiger partial charge in [0, 0.05) is 5.18 Å². The highest BCUT2D eigenvalue weighted by Crippen LogP contribution is 2.34. The number of carbonyl (C=O) groups excluding carboxylic acids is 1. The summed E-state index contributed by atoms with van der Waals surface area (Å²) in [6.45, 7) is 8.24.